The van der Waals surface area contributed by atoms with Crippen molar-refractivity contribution in [3.8, 4) is 11.5 Å². The molecule has 3 aromatic rings. The van der Waals surface area contributed by atoms with E-state index in [0.29, 0.717) is 55.7 Å². The third kappa shape index (κ3) is 2.73. The number of fused-ring (bicyclic) bond motifs is 2. The molecule has 0 N–H and O–H groups in total. The molecular weight excluding hydrogens is 384 g/mol. The van der Waals surface area contributed by atoms with Crippen molar-refractivity contribution >= 4 is 23.5 Å². The maximum Gasteiger partial charge on any atom is 0.344 e. The van der Waals surface area contributed by atoms with Gasteiger partial charge in [-0.1, -0.05) is 0 Å². The van der Waals surface area contributed by atoms with Gasteiger partial charge in [-0.2, -0.15) is 0 Å². The normalized spacial score (nSPS) is 14.2. The molecule has 0 saturated carbocycles. The summed E-state index contributed by atoms with van der Waals surface area (Å²) in [6.07, 6.45) is 0. The summed E-state index contributed by atoms with van der Waals surface area (Å²) >= 11 is 0. The highest BCUT2D eigenvalue weighted by atomic mass is 16.5. The van der Waals surface area contributed by atoms with Crippen molar-refractivity contribution in [2.75, 3.05) is 14.2 Å². The molecule has 0 bridgehead atoms. The highest BCUT2D eigenvalue weighted by molar-refractivity contribution is 6.03. The van der Waals surface area contributed by atoms with E-state index < -0.39 is 11.9 Å². The minimum absolute atomic E-state index is 0.392. The van der Waals surface area contributed by atoms with Crippen LogP contribution in [0.25, 0.3) is 11.5 Å². The van der Waals surface area contributed by atoms with Crippen LogP contribution in [0.3, 0.4) is 0 Å². The molecule has 0 aromatic heterocycles. The second kappa shape index (κ2) is 6.77. The molecule has 0 unspecified atom stereocenters. The summed E-state index contributed by atoms with van der Waals surface area (Å²) < 4.78 is 21.4. The van der Waals surface area contributed by atoms with E-state index in [4.69, 9.17) is 18.9 Å². The van der Waals surface area contributed by atoms with Crippen molar-refractivity contribution in [2.45, 2.75) is 0 Å². The number of hydrogen-bond acceptors (Lipinski definition) is 6. The SMILES string of the molecule is COc1ccc(C2=c3cc4c(cc3C(=O)O2)=C(c2ccc(OC)cc2)OC4=O)cc1. The Labute approximate surface area is 171 Å². The molecule has 3 aromatic carbocycles. The van der Waals surface area contributed by atoms with Gasteiger partial charge < -0.3 is 18.9 Å². The molecule has 0 radical (unpaired) electrons. The lowest BCUT2D eigenvalue weighted by Crippen LogP contribution is -2.20. The Morgan fingerprint density at radius 2 is 0.967 bits per heavy atom. The molecule has 2 aliphatic heterocycles. The zero-order chi connectivity index (χ0) is 20.8. The lowest BCUT2D eigenvalue weighted by molar-refractivity contribution is 0.0698. The monoisotopic (exact) mass is 400 g/mol. The Kier molecular flexibility index (Phi) is 4.06. The number of rotatable bonds is 4. The number of benzene rings is 3. The lowest BCUT2D eigenvalue weighted by atomic mass is 10.0. The number of carbonyl (C=O) groups is 2. The van der Waals surface area contributed by atoms with Crippen LogP contribution in [-0.4, -0.2) is 26.2 Å². The first-order valence-corrected chi connectivity index (χ1v) is 9.25. The van der Waals surface area contributed by atoms with Crippen LogP contribution in [0.2, 0.25) is 0 Å². The number of esters is 2. The second-order valence-electron chi connectivity index (χ2n) is 6.84. The van der Waals surface area contributed by atoms with Crippen molar-refractivity contribution in [2.24, 2.45) is 0 Å². The Bertz CT molecular complexity index is 1210. The van der Waals surface area contributed by atoms with Crippen LogP contribution in [-0.2, 0) is 9.47 Å². The highest BCUT2D eigenvalue weighted by Crippen LogP contribution is 2.25. The van der Waals surface area contributed by atoms with Gasteiger partial charge in [-0.25, -0.2) is 9.59 Å². The summed E-state index contributed by atoms with van der Waals surface area (Å²) in [6, 6.07) is 17.7. The lowest BCUT2D eigenvalue weighted by Gasteiger charge is -2.04. The van der Waals surface area contributed by atoms with Gasteiger partial charge in [0.2, 0.25) is 0 Å². The van der Waals surface area contributed by atoms with Crippen LogP contribution < -0.4 is 19.9 Å². The third-order valence-electron chi connectivity index (χ3n) is 5.18. The molecule has 0 fully saturated rings. The van der Waals surface area contributed by atoms with Crippen molar-refractivity contribution in [1.29, 1.82) is 0 Å². The van der Waals surface area contributed by atoms with E-state index in [1.54, 1.807) is 74.9 Å². The quantitative estimate of drug-likeness (QED) is 0.627. The van der Waals surface area contributed by atoms with Gasteiger partial charge in [0.05, 0.1) is 25.3 Å². The minimum Gasteiger partial charge on any atom is -0.497 e. The van der Waals surface area contributed by atoms with E-state index in [-0.39, 0.29) is 0 Å². The summed E-state index contributed by atoms with van der Waals surface area (Å²) in [7, 11) is 3.16. The smallest absolute Gasteiger partial charge is 0.344 e. The predicted molar refractivity (Wildman–Crippen MR) is 108 cm³/mol. The van der Waals surface area contributed by atoms with Crippen molar-refractivity contribution in [3.05, 3.63) is 93.4 Å². The standard InChI is InChI=1S/C24H16O6/c1-27-15-7-3-13(4-8-15)21-17-11-20-18(12-19(17)23(25)29-21)22(30-24(20)26)14-5-9-16(28-2)10-6-14/h3-12H,1-2H3. The van der Waals surface area contributed by atoms with Gasteiger partial charge in [0, 0.05) is 21.6 Å². The zero-order valence-corrected chi connectivity index (χ0v) is 16.2. The fraction of sp³-hybridized carbons (Fsp3) is 0.0833. The summed E-state index contributed by atoms with van der Waals surface area (Å²) in [5.41, 5.74) is 2.22. The number of cyclic esters (lactones) is 2. The second-order valence-corrected chi connectivity index (χ2v) is 6.84. The number of methoxy groups -OCH3 is 2. The molecule has 0 aliphatic carbocycles. The molecule has 0 spiro atoms. The van der Waals surface area contributed by atoms with Crippen LogP contribution in [0.4, 0.5) is 0 Å². The Balaban J connectivity index is 1.71. The summed E-state index contributed by atoms with van der Waals surface area (Å²) in [5, 5.41) is 1.13. The van der Waals surface area contributed by atoms with Crippen molar-refractivity contribution < 1.29 is 28.5 Å². The Hall–Kier alpha value is -4.06. The van der Waals surface area contributed by atoms with E-state index >= 15 is 0 Å². The molecule has 6 heteroatoms. The average Bonchev–Trinajstić information content (AvgIpc) is 3.29. The molecule has 0 saturated heterocycles. The largest absolute Gasteiger partial charge is 0.497 e. The van der Waals surface area contributed by atoms with Gasteiger partial charge in [0.1, 0.15) is 23.0 Å². The zero-order valence-electron chi connectivity index (χ0n) is 16.2. The van der Waals surface area contributed by atoms with E-state index in [9.17, 15) is 9.59 Å². The molecule has 2 aliphatic rings. The van der Waals surface area contributed by atoms with E-state index in [1.165, 1.54) is 0 Å². The minimum atomic E-state index is -0.466. The molecule has 0 amide bonds. The fourth-order valence-corrected chi connectivity index (χ4v) is 3.63. The summed E-state index contributed by atoms with van der Waals surface area (Å²) in [6.45, 7) is 0. The van der Waals surface area contributed by atoms with Gasteiger partial charge in [0.15, 0.2) is 0 Å². The molecule has 30 heavy (non-hydrogen) atoms. The van der Waals surface area contributed by atoms with Gasteiger partial charge in [-0.05, 0) is 60.7 Å². The van der Waals surface area contributed by atoms with Crippen LogP contribution in [0, 0.1) is 0 Å². The Morgan fingerprint density at radius 3 is 1.30 bits per heavy atom. The third-order valence-corrected chi connectivity index (χ3v) is 5.18. The number of hydrogen-bond donors (Lipinski definition) is 0. The van der Waals surface area contributed by atoms with Gasteiger partial charge in [-0.3, -0.25) is 0 Å². The molecule has 2 heterocycles. The number of ether oxygens (including phenoxy) is 4. The van der Waals surface area contributed by atoms with Gasteiger partial charge >= 0.3 is 11.9 Å². The topological polar surface area (TPSA) is 71.1 Å². The highest BCUT2D eigenvalue weighted by Gasteiger charge is 2.30. The molecular formula is C24H16O6. The van der Waals surface area contributed by atoms with E-state index in [0.717, 1.165) is 0 Å². The van der Waals surface area contributed by atoms with Crippen LogP contribution in [0.15, 0.2) is 60.7 Å². The van der Waals surface area contributed by atoms with Crippen molar-refractivity contribution in [3.63, 3.8) is 0 Å². The first-order chi connectivity index (χ1) is 14.6. The van der Waals surface area contributed by atoms with Gasteiger partial charge in [0.25, 0.3) is 0 Å². The van der Waals surface area contributed by atoms with E-state index in [1.807, 2.05) is 0 Å². The molecule has 0 atom stereocenters. The maximum atomic E-state index is 12.6. The number of carbonyl (C=O) groups excluding carboxylic acids is 2. The van der Waals surface area contributed by atoms with Crippen LogP contribution in [0.1, 0.15) is 31.8 Å². The van der Waals surface area contributed by atoms with Crippen LogP contribution >= 0.6 is 0 Å². The predicted octanol–water partition coefficient (Wildman–Crippen LogP) is 2.36. The molecule has 5 rings (SSSR count). The van der Waals surface area contributed by atoms with Gasteiger partial charge in [-0.15, -0.1) is 0 Å². The fourth-order valence-electron chi connectivity index (χ4n) is 3.63. The molecule has 148 valence electrons. The van der Waals surface area contributed by atoms with Crippen LogP contribution in [0.5, 0.6) is 11.5 Å². The first-order valence-electron chi connectivity index (χ1n) is 9.25. The molecule has 6 nitrogen and oxygen atoms in total. The summed E-state index contributed by atoms with van der Waals surface area (Å²) in [4.78, 5) is 25.1. The maximum absolute atomic E-state index is 12.6. The average molecular weight is 400 g/mol. The van der Waals surface area contributed by atoms with E-state index in [2.05, 4.69) is 0 Å². The first kappa shape index (κ1) is 18.0. The van der Waals surface area contributed by atoms with Crippen molar-refractivity contribution in [1.82, 2.24) is 0 Å². The summed E-state index contributed by atoms with van der Waals surface area (Å²) in [5.74, 6) is 1.27. The Morgan fingerprint density at radius 1 is 0.600 bits per heavy atom.